The maximum atomic E-state index is 12.8. The van der Waals surface area contributed by atoms with Gasteiger partial charge >= 0.3 is 0 Å². The molecule has 0 atom stereocenters. The number of rotatable bonds is 9. The summed E-state index contributed by atoms with van der Waals surface area (Å²) in [4.78, 5) is 18.7. The fraction of sp³-hybridized carbons (Fsp3) is 0.423. The fourth-order valence-electron chi connectivity index (χ4n) is 4.36. The number of hydrogen-bond donors (Lipinski definition) is 0. The smallest absolute Gasteiger partial charge is 0.227 e. The van der Waals surface area contributed by atoms with Crippen molar-refractivity contribution in [2.24, 2.45) is 0 Å². The molecular weight excluding hydrogens is 420 g/mol. The summed E-state index contributed by atoms with van der Waals surface area (Å²) in [5.74, 6) is 1.61. The average molecular weight is 453 g/mol. The van der Waals surface area contributed by atoms with Crippen molar-refractivity contribution in [2.75, 3.05) is 47.4 Å². The number of carbonyl (C=O) groups is 1. The van der Waals surface area contributed by atoms with Gasteiger partial charge in [0.1, 0.15) is 0 Å². The number of benzene rings is 2. The lowest BCUT2D eigenvalue weighted by Gasteiger charge is -2.22. The zero-order chi connectivity index (χ0) is 22.5. The van der Waals surface area contributed by atoms with E-state index in [-0.39, 0.29) is 5.91 Å². The van der Waals surface area contributed by atoms with Crippen LogP contribution in [0.1, 0.15) is 22.4 Å². The van der Waals surface area contributed by atoms with Gasteiger partial charge < -0.3 is 19.3 Å². The highest BCUT2D eigenvalue weighted by Crippen LogP contribution is 2.32. The normalized spacial score (nSPS) is 14.0. The second kappa shape index (κ2) is 10.4. The molecule has 170 valence electrons. The lowest BCUT2D eigenvalue weighted by molar-refractivity contribution is -0.130. The van der Waals surface area contributed by atoms with Crippen molar-refractivity contribution >= 4 is 27.3 Å². The molecule has 5 nitrogen and oxygen atoms in total. The van der Waals surface area contributed by atoms with Crippen LogP contribution >= 0.6 is 11.3 Å². The van der Waals surface area contributed by atoms with Gasteiger partial charge in [-0.2, -0.15) is 0 Å². The second-order valence-electron chi connectivity index (χ2n) is 8.44. The topological polar surface area (TPSA) is 42.0 Å². The van der Waals surface area contributed by atoms with Crippen molar-refractivity contribution in [1.82, 2.24) is 9.80 Å². The molecule has 2 heterocycles. The van der Waals surface area contributed by atoms with Crippen LogP contribution in [-0.2, 0) is 24.1 Å². The van der Waals surface area contributed by atoms with Crippen LogP contribution in [0.2, 0.25) is 0 Å². The molecule has 0 fully saturated rings. The van der Waals surface area contributed by atoms with Crippen molar-refractivity contribution in [3.8, 4) is 11.5 Å². The third-order valence-corrected chi connectivity index (χ3v) is 7.41. The summed E-state index contributed by atoms with van der Waals surface area (Å²) in [6, 6.07) is 14.9. The molecule has 0 spiro atoms. The maximum absolute atomic E-state index is 12.8. The number of ether oxygens (including phenoxy) is 2. The first-order valence-electron chi connectivity index (χ1n) is 11.2. The molecule has 1 amide bonds. The first-order valence-corrected chi connectivity index (χ1v) is 12.1. The third-order valence-electron chi connectivity index (χ3n) is 6.24. The number of amides is 1. The summed E-state index contributed by atoms with van der Waals surface area (Å²) in [5, 5.41) is 1.34. The summed E-state index contributed by atoms with van der Waals surface area (Å²) in [7, 11) is 5.45. The molecule has 1 aromatic heterocycles. The van der Waals surface area contributed by atoms with Gasteiger partial charge in [-0.1, -0.05) is 18.2 Å². The minimum absolute atomic E-state index is 0.198. The predicted molar refractivity (Wildman–Crippen MR) is 131 cm³/mol. The molecule has 4 rings (SSSR count). The third kappa shape index (κ3) is 5.25. The molecule has 1 aliphatic rings. The molecule has 6 heteroatoms. The van der Waals surface area contributed by atoms with Gasteiger partial charge in [-0.25, -0.2) is 0 Å². The molecule has 0 saturated heterocycles. The molecule has 3 aromatic rings. The van der Waals surface area contributed by atoms with E-state index in [0.717, 1.165) is 56.8 Å². The summed E-state index contributed by atoms with van der Waals surface area (Å²) in [6.07, 6.45) is 3.33. The van der Waals surface area contributed by atoms with Crippen LogP contribution in [0.25, 0.3) is 10.1 Å². The van der Waals surface area contributed by atoms with Crippen LogP contribution in [-0.4, -0.2) is 63.2 Å². The Bertz CT molecular complexity index is 1050. The summed E-state index contributed by atoms with van der Waals surface area (Å²) in [6.45, 7) is 3.58. The standard InChI is InChI=1S/C26H32N2O3S/c1-27(13-10-22-15-20-7-4-5-8-25(20)32-22)11-6-12-28-14-9-19-16-23(30-2)24(31-3)17-21(19)18-26(28)29/h4-5,7-8,15-17H,6,9-14,18H2,1-3H3. The Labute approximate surface area is 194 Å². The minimum Gasteiger partial charge on any atom is -0.493 e. The zero-order valence-corrected chi connectivity index (χ0v) is 20.0. The van der Waals surface area contributed by atoms with Gasteiger partial charge in [-0.15, -0.1) is 11.3 Å². The van der Waals surface area contributed by atoms with E-state index in [0.29, 0.717) is 12.2 Å². The van der Waals surface area contributed by atoms with Crippen LogP contribution in [0.4, 0.5) is 0 Å². The zero-order valence-electron chi connectivity index (χ0n) is 19.2. The first kappa shape index (κ1) is 22.6. The minimum atomic E-state index is 0.198. The molecule has 0 aliphatic carbocycles. The van der Waals surface area contributed by atoms with E-state index < -0.39 is 0 Å². The molecule has 0 saturated carbocycles. The number of methoxy groups -OCH3 is 2. The first-order chi connectivity index (χ1) is 15.6. The highest BCUT2D eigenvalue weighted by molar-refractivity contribution is 7.19. The molecule has 2 aromatic carbocycles. The quantitative estimate of drug-likeness (QED) is 0.482. The van der Waals surface area contributed by atoms with Gasteiger partial charge in [0.05, 0.1) is 20.6 Å². The Morgan fingerprint density at radius 1 is 1.03 bits per heavy atom. The lowest BCUT2D eigenvalue weighted by Crippen LogP contribution is -2.35. The number of likely N-dealkylation sites (N-methyl/N-ethyl adjacent to an activating group) is 1. The van der Waals surface area contributed by atoms with E-state index in [1.54, 1.807) is 14.2 Å². The molecule has 0 radical (unpaired) electrons. The van der Waals surface area contributed by atoms with Gasteiger partial charge in [0.15, 0.2) is 11.5 Å². The number of nitrogens with zero attached hydrogens (tertiary/aromatic N) is 2. The largest absolute Gasteiger partial charge is 0.493 e. The van der Waals surface area contributed by atoms with E-state index in [2.05, 4.69) is 42.3 Å². The van der Waals surface area contributed by atoms with Gasteiger partial charge in [-0.3, -0.25) is 4.79 Å². The molecule has 0 unspecified atom stereocenters. The second-order valence-corrected chi connectivity index (χ2v) is 9.61. The van der Waals surface area contributed by atoms with E-state index in [1.807, 2.05) is 28.4 Å². The van der Waals surface area contributed by atoms with E-state index in [1.165, 1.54) is 20.5 Å². The highest BCUT2D eigenvalue weighted by atomic mass is 32.1. The molecular formula is C26H32N2O3S. The van der Waals surface area contributed by atoms with Crippen LogP contribution in [0, 0.1) is 0 Å². The average Bonchev–Trinajstić information content (AvgIpc) is 3.16. The summed E-state index contributed by atoms with van der Waals surface area (Å²) >= 11 is 1.89. The Hall–Kier alpha value is -2.57. The highest BCUT2D eigenvalue weighted by Gasteiger charge is 2.22. The van der Waals surface area contributed by atoms with Crippen LogP contribution in [0.15, 0.2) is 42.5 Å². The van der Waals surface area contributed by atoms with Crippen molar-refractivity contribution in [1.29, 1.82) is 0 Å². The number of hydrogen-bond acceptors (Lipinski definition) is 5. The molecule has 32 heavy (non-hydrogen) atoms. The number of carbonyl (C=O) groups excluding carboxylic acids is 1. The Kier molecular flexibility index (Phi) is 7.33. The van der Waals surface area contributed by atoms with Gasteiger partial charge in [-0.05, 0) is 73.6 Å². The van der Waals surface area contributed by atoms with E-state index >= 15 is 0 Å². The van der Waals surface area contributed by atoms with Crippen LogP contribution in [0.5, 0.6) is 11.5 Å². The number of thiophene rings is 1. The predicted octanol–water partition coefficient (Wildman–Crippen LogP) is 4.41. The van der Waals surface area contributed by atoms with Crippen molar-refractivity contribution in [2.45, 2.75) is 25.7 Å². The lowest BCUT2D eigenvalue weighted by atomic mass is 10.0. The maximum Gasteiger partial charge on any atom is 0.227 e. The Morgan fingerprint density at radius 2 is 1.78 bits per heavy atom. The molecule has 0 bridgehead atoms. The Morgan fingerprint density at radius 3 is 2.53 bits per heavy atom. The van der Waals surface area contributed by atoms with Crippen molar-refractivity contribution in [3.63, 3.8) is 0 Å². The van der Waals surface area contributed by atoms with Gasteiger partial charge in [0, 0.05) is 29.2 Å². The van der Waals surface area contributed by atoms with Gasteiger partial charge in [0.2, 0.25) is 5.91 Å². The SMILES string of the molecule is COc1cc2c(cc1OC)CC(=O)N(CCCN(C)CCc1cc3ccccc3s1)CC2. The summed E-state index contributed by atoms with van der Waals surface area (Å²) < 4.78 is 12.2. The molecule has 1 aliphatic heterocycles. The van der Waals surface area contributed by atoms with Crippen molar-refractivity contribution < 1.29 is 14.3 Å². The summed E-state index contributed by atoms with van der Waals surface area (Å²) in [5.41, 5.74) is 2.23. The van der Waals surface area contributed by atoms with E-state index in [9.17, 15) is 4.79 Å². The van der Waals surface area contributed by atoms with Crippen LogP contribution in [0.3, 0.4) is 0 Å². The van der Waals surface area contributed by atoms with E-state index in [4.69, 9.17) is 9.47 Å². The molecule has 0 N–H and O–H groups in total. The fourth-order valence-corrected chi connectivity index (χ4v) is 5.41. The van der Waals surface area contributed by atoms with Gasteiger partial charge in [0.25, 0.3) is 0 Å². The van der Waals surface area contributed by atoms with Crippen LogP contribution < -0.4 is 9.47 Å². The Balaban J connectivity index is 1.26. The number of fused-ring (bicyclic) bond motifs is 2. The monoisotopic (exact) mass is 452 g/mol. The van der Waals surface area contributed by atoms with Crippen molar-refractivity contribution in [3.05, 3.63) is 58.5 Å².